The molecule has 0 aliphatic rings. The number of aliphatic hydroxyl groups is 1. The highest BCUT2D eigenvalue weighted by Crippen LogP contribution is 2.32. The summed E-state index contributed by atoms with van der Waals surface area (Å²) >= 11 is 0. The molecule has 0 heterocycles. The summed E-state index contributed by atoms with van der Waals surface area (Å²) in [5.41, 5.74) is -0.189. The van der Waals surface area contributed by atoms with Crippen LogP contribution in [0.25, 0.3) is 0 Å². The smallest absolute Gasteiger partial charge is 0.115 e. The molecule has 0 amide bonds. The fourth-order valence-electron chi connectivity index (χ4n) is 1.13. The van der Waals surface area contributed by atoms with Gasteiger partial charge in [-0.25, -0.2) is 0 Å². The minimum Gasteiger partial charge on any atom is -0.508 e. The average Bonchev–Trinajstić information content (AvgIpc) is 2.18. The van der Waals surface area contributed by atoms with Gasteiger partial charge in [-0.2, -0.15) is 5.26 Å². The van der Waals surface area contributed by atoms with Crippen LogP contribution in [-0.4, -0.2) is 10.2 Å². The van der Waals surface area contributed by atoms with Gasteiger partial charge in [0.15, 0.2) is 0 Å². The standard InChI is InChI=1S/C11H13NO2/c1-11(2,7-12)10(14)8-3-5-9(13)6-4-8/h3-6,10,13-14H,1-2H3. The Hall–Kier alpha value is -1.53. The van der Waals surface area contributed by atoms with Crippen LogP contribution in [0.15, 0.2) is 24.3 Å². The summed E-state index contributed by atoms with van der Waals surface area (Å²) < 4.78 is 0. The third-order valence-electron chi connectivity index (χ3n) is 2.18. The zero-order chi connectivity index (χ0) is 10.8. The van der Waals surface area contributed by atoms with E-state index in [0.29, 0.717) is 5.56 Å². The zero-order valence-corrected chi connectivity index (χ0v) is 8.23. The maximum Gasteiger partial charge on any atom is 0.115 e. The monoisotopic (exact) mass is 191 g/mol. The topological polar surface area (TPSA) is 64.2 Å². The Balaban J connectivity index is 2.96. The number of hydrogen-bond donors (Lipinski definition) is 2. The Morgan fingerprint density at radius 3 is 2.21 bits per heavy atom. The van der Waals surface area contributed by atoms with Crippen LogP contribution in [0.5, 0.6) is 5.75 Å². The van der Waals surface area contributed by atoms with E-state index < -0.39 is 11.5 Å². The van der Waals surface area contributed by atoms with E-state index in [1.165, 1.54) is 12.1 Å². The molecule has 3 heteroatoms. The molecule has 0 fully saturated rings. The summed E-state index contributed by atoms with van der Waals surface area (Å²) in [7, 11) is 0. The number of aliphatic hydroxyl groups excluding tert-OH is 1. The van der Waals surface area contributed by atoms with Crippen molar-refractivity contribution in [2.24, 2.45) is 5.41 Å². The summed E-state index contributed by atoms with van der Waals surface area (Å²) in [5, 5.41) is 27.7. The molecule has 74 valence electrons. The fraction of sp³-hybridized carbons (Fsp3) is 0.364. The number of rotatable bonds is 2. The van der Waals surface area contributed by atoms with E-state index in [0.717, 1.165) is 0 Å². The highest BCUT2D eigenvalue weighted by Gasteiger charge is 2.28. The first kappa shape index (κ1) is 10.6. The van der Waals surface area contributed by atoms with E-state index in [1.807, 2.05) is 6.07 Å². The van der Waals surface area contributed by atoms with Gasteiger partial charge in [-0.3, -0.25) is 0 Å². The number of phenols is 1. The van der Waals surface area contributed by atoms with Gasteiger partial charge in [0, 0.05) is 0 Å². The van der Waals surface area contributed by atoms with E-state index in [4.69, 9.17) is 10.4 Å². The lowest BCUT2D eigenvalue weighted by Gasteiger charge is -2.23. The fourth-order valence-corrected chi connectivity index (χ4v) is 1.13. The van der Waals surface area contributed by atoms with Crippen LogP contribution in [0.1, 0.15) is 25.5 Å². The minimum absolute atomic E-state index is 0.149. The van der Waals surface area contributed by atoms with Crippen molar-refractivity contribution in [1.82, 2.24) is 0 Å². The molecule has 0 aliphatic heterocycles. The van der Waals surface area contributed by atoms with Gasteiger partial charge in [0.1, 0.15) is 5.75 Å². The second kappa shape index (κ2) is 3.69. The Labute approximate surface area is 83.2 Å². The molecule has 1 aromatic carbocycles. The first-order valence-corrected chi connectivity index (χ1v) is 4.35. The van der Waals surface area contributed by atoms with Gasteiger partial charge in [0.05, 0.1) is 17.6 Å². The number of nitriles is 1. The highest BCUT2D eigenvalue weighted by molar-refractivity contribution is 5.29. The Morgan fingerprint density at radius 2 is 1.79 bits per heavy atom. The lowest BCUT2D eigenvalue weighted by atomic mass is 9.84. The molecule has 1 atom stereocenters. The van der Waals surface area contributed by atoms with Crippen molar-refractivity contribution < 1.29 is 10.2 Å². The second-order valence-electron chi connectivity index (χ2n) is 3.83. The van der Waals surface area contributed by atoms with E-state index in [-0.39, 0.29) is 5.75 Å². The number of nitrogens with zero attached hydrogens (tertiary/aromatic N) is 1. The van der Waals surface area contributed by atoms with Gasteiger partial charge < -0.3 is 10.2 Å². The molecule has 0 aromatic heterocycles. The molecule has 0 saturated heterocycles. The SMILES string of the molecule is CC(C)(C#N)C(O)c1ccc(O)cc1. The van der Waals surface area contributed by atoms with E-state index in [9.17, 15) is 5.11 Å². The first-order valence-electron chi connectivity index (χ1n) is 4.35. The first-order chi connectivity index (χ1) is 6.47. The normalized spacial score (nSPS) is 13.3. The van der Waals surface area contributed by atoms with Crippen LogP contribution < -0.4 is 0 Å². The molecule has 1 rings (SSSR count). The van der Waals surface area contributed by atoms with Crippen LogP contribution in [0.3, 0.4) is 0 Å². The van der Waals surface area contributed by atoms with Crippen LogP contribution in [0.4, 0.5) is 0 Å². The van der Waals surface area contributed by atoms with E-state index in [1.54, 1.807) is 26.0 Å². The van der Waals surface area contributed by atoms with Gasteiger partial charge in [-0.05, 0) is 31.5 Å². The molecular formula is C11H13NO2. The number of phenolic OH excluding ortho intramolecular Hbond substituents is 1. The van der Waals surface area contributed by atoms with Gasteiger partial charge in [-0.15, -0.1) is 0 Å². The Bertz CT molecular complexity index is 349. The lowest BCUT2D eigenvalue weighted by Crippen LogP contribution is -2.19. The number of aromatic hydroxyl groups is 1. The second-order valence-corrected chi connectivity index (χ2v) is 3.83. The summed E-state index contributed by atoms with van der Waals surface area (Å²) in [6.45, 7) is 3.34. The third kappa shape index (κ3) is 2.04. The summed E-state index contributed by atoms with van der Waals surface area (Å²) in [5.74, 6) is 0.149. The van der Waals surface area contributed by atoms with Crippen LogP contribution in [0, 0.1) is 16.7 Å². The summed E-state index contributed by atoms with van der Waals surface area (Å²) in [6.07, 6.45) is -0.840. The number of benzene rings is 1. The van der Waals surface area contributed by atoms with Crippen LogP contribution >= 0.6 is 0 Å². The maximum atomic E-state index is 9.84. The molecule has 0 spiro atoms. The molecule has 0 saturated carbocycles. The van der Waals surface area contributed by atoms with Gasteiger partial charge in [-0.1, -0.05) is 12.1 Å². The van der Waals surface area contributed by atoms with Gasteiger partial charge in [0.2, 0.25) is 0 Å². The largest absolute Gasteiger partial charge is 0.508 e. The van der Waals surface area contributed by atoms with Gasteiger partial charge in [0.25, 0.3) is 0 Å². The number of hydrogen-bond acceptors (Lipinski definition) is 3. The quantitative estimate of drug-likeness (QED) is 0.751. The molecule has 0 aliphatic carbocycles. The van der Waals surface area contributed by atoms with E-state index in [2.05, 4.69) is 0 Å². The summed E-state index contributed by atoms with van der Waals surface area (Å²) in [4.78, 5) is 0. The molecule has 3 nitrogen and oxygen atoms in total. The van der Waals surface area contributed by atoms with Crippen molar-refractivity contribution in [1.29, 1.82) is 5.26 Å². The lowest BCUT2D eigenvalue weighted by molar-refractivity contribution is 0.0867. The molecule has 0 bridgehead atoms. The molecule has 1 aromatic rings. The molecule has 2 N–H and O–H groups in total. The average molecular weight is 191 g/mol. The molecular weight excluding hydrogens is 178 g/mol. The maximum absolute atomic E-state index is 9.84. The highest BCUT2D eigenvalue weighted by atomic mass is 16.3. The van der Waals surface area contributed by atoms with Crippen molar-refractivity contribution in [2.45, 2.75) is 20.0 Å². The Morgan fingerprint density at radius 1 is 1.29 bits per heavy atom. The predicted molar refractivity (Wildman–Crippen MR) is 52.5 cm³/mol. The van der Waals surface area contributed by atoms with E-state index >= 15 is 0 Å². The summed E-state index contributed by atoms with van der Waals surface area (Å²) in [6, 6.07) is 8.25. The third-order valence-corrected chi connectivity index (χ3v) is 2.18. The van der Waals surface area contributed by atoms with Crippen molar-refractivity contribution in [2.75, 3.05) is 0 Å². The molecule has 1 unspecified atom stereocenters. The zero-order valence-electron chi connectivity index (χ0n) is 8.23. The minimum atomic E-state index is -0.840. The van der Waals surface area contributed by atoms with Crippen LogP contribution in [-0.2, 0) is 0 Å². The van der Waals surface area contributed by atoms with Crippen molar-refractivity contribution >= 4 is 0 Å². The molecule has 14 heavy (non-hydrogen) atoms. The molecule has 0 radical (unpaired) electrons. The predicted octanol–water partition coefficient (Wildman–Crippen LogP) is 1.98. The van der Waals surface area contributed by atoms with Crippen molar-refractivity contribution in [3.63, 3.8) is 0 Å². The van der Waals surface area contributed by atoms with Crippen molar-refractivity contribution in [3.05, 3.63) is 29.8 Å². The van der Waals surface area contributed by atoms with Crippen LogP contribution in [0.2, 0.25) is 0 Å². The van der Waals surface area contributed by atoms with Gasteiger partial charge >= 0.3 is 0 Å². The van der Waals surface area contributed by atoms with Crippen molar-refractivity contribution in [3.8, 4) is 11.8 Å². The Kier molecular flexibility index (Phi) is 2.78.